The van der Waals surface area contributed by atoms with Crippen molar-refractivity contribution in [3.8, 4) is 0 Å². The van der Waals surface area contributed by atoms with Gasteiger partial charge < -0.3 is 65.1 Å². The van der Waals surface area contributed by atoms with Crippen molar-refractivity contribution >= 4 is 11.9 Å². The van der Waals surface area contributed by atoms with Crippen LogP contribution in [0.2, 0.25) is 0 Å². The molecule has 1 amide bonds. The van der Waals surface area contributed by atoms with Crippen LogP contribution in [-0.4, -0.2) is 145 Å². The number of aliphatic carboxylic acids is 1. The molecule has 220 valence electrons. The van der Waals surface area contributed by atoms with E-state index in [9.17, 15) is 50.4 Å². The zero-order valence-electron chi connectivity index (χ0n) is 21.2. The molecule has 0 aromatic rings. The first-order valence-corrected chi connectivity index (χ1v) is 12.6. The molecule has 3 aliphatic rings. The highest BCUT2D eigenvalue weighted by Crippen LogP contribution is 2.42. The zero-order valence-corrected chi connectivity index (χ0v) is 21.2. The first-order chi connectivity index (χ1) is 17.8. The molecule has 2 heterocycles. The third kappa shape index (κ3) is 6.62. The van der Waals surface area contributed by atoms with Gasteiger partial charge in [0, 0.05) is 25.7 Å². The van der Waals surface area contributed by atoms with E-state index in [0.29, 0.717) is 0 Å². The molecule has 38 heavy (non-hydrogen) atoms. The first kappa shape index (κ1) is 31.0. The van der Waals surface area contributed by atoms with Crippen molar-refractivity contribution in [3.63, 3.8) is 0 Å². The molecular weight excluding hydrogens is 514 g/mol. The van der Waals surface area contributed by atoms with Gasteiger partial charge in [0.15, 0.2) is 11.9 Å². The lowest BCUT2D eigenvalue weighted by Gasteiger charge is -2.48. The summed E-state index contributed by atoms with van der Waals surface area (Å²) in [5.74, 6) is -3.28. The second-order valence-corrected chi connectivity index (χ2v) is 10.3. The Morgan fingerprint density at radius 1 is 1.13 bits per heavy atom. The summed E-state index contributed by atoms with van der Waals surface area (Å²) in [5.41, 5.74) is -2.13. The van der Waals surface area contributed by atoms with Gasteiger partial charge in [-0.25, -0.2) is 4.79 Å². The molecule has 0 radical (unpaired) electrons. The molecule has 3 rings (SSSR count). The third-order valence-corrected chi connectivity index (χ3v) is 7.42. The number of ether oxygens (including phenoxy) is 4. The Morgan fingerprint density at radius 2 is 1.82 bits per heavy atom. The van der Waals surface area contributed by atoms with Gasteiger partial charge in [-0.2, -0.15) is 0 Å². The summed E-state index contributed by atoms with van der Waals surface area (Å²) in [7, 11) is 0. The van der Waals surface area contributed by atoms with Crippen molar-refractivity contribution in [2.24, 2.45) is 5.92 Å². The number of carbonyl (C=O) groups excluding carboxylic acids is 1. The standard InChI is InChI=1S/C23H39NO14/c1-9-3-15(21(36-9)37-20-16(7-26)35-8-14(30)19(20)32)38-23(22(33)34)4-11(18(31)13(29)6-25)17(12(28)5-23)24-10(2)27/h9,11-21,25-26,28-32H,3-8H2,1-2H3,(H,24,27)(H,33,34)/t9?,11?,12?,13-,14?,15?,16?,17?,18?,19?,20?,21?,23?/m1/s1. The molecule has 0 aromatic heterocycles. The van der Waals surface area contributed by atoms with Gasteiger partial charge in [0.05, 0.1) is 44.2 Å². The average Bonchev–Trinajstić information content (AvgIpc) is 3.20. The molecule has 0 spiro atoms. The van der Waals surface area contributed by atoms with Crippen LogP contribution in [0.25, 0.3) is 0 Å². The molecule has 9 N–H and O–H groups in total. The maximum atomic E-state index is 12.6. The van der Waals surface area contributed by atoms with Crippen LogP contribution in [0.1, 0.15) is 33.1 Å². The van der Waals surface area contributed by atoms with Crippen LogP contribution >= 0.6 is 0 Å². The summed E-state index contributed by atoms with van der Waals surface area (Å²) < 4.78 is 22.9. The lowest BCUT2D eigenvalue weighted by Crippen LogP contribution is -2.64. The Hall–Kier alpha value is -1.50. The van der Waals surface area contributed by atoms with E-state index < -0.39 is 117 Å². The van der Waals surface area contributed by atoms with Crippen molar-refractivity contribution in [3.05, 3.63) is 0 Å². The van der Waals surface area contributed by atoms with E-state index in [4.69, 9.17) is 18.9 Å². The van der Waals surface area contributed by atoms with Gasteiger partial charge in [-0.15, -0.1) is 0 Å². The van der Waals surface area contributed by atoms with Gasteiger partial charge in [0.2, 0.25) is 5.91 Å². The SMILES string of the molecule is CC(=O)NC1C(O)CC(OC2CC(C)OC2OC2C(CO)OCC(O)C2O)(C(=O)O)CC1C(O)[C@H](O)CO. The Kier molecular flexibility index (Phi) is 10.4. The Labute approximate surface area is 218 Å². The van der Waals surface area contributed by atoms with Gasteiger partial charge in [0.1, 0.15) is 36.6 Å². The number of carbonyl (C=O) groups is 2. The summed E-state index contributed by atoms with van der Waals surface area (Å²) in [6.45, 7) is 1.23. The molecule has 2 saturated heterocycles. The van der Waals surface area contributed by atoms with Crippen LogP contribution in [0.15, 0.2) is 0 Å². The van der Waals surface area contributed by atoms with Crippen molar-refractivity contribution < 1.29 is 69.4 Å². The van der Waals surface area contributed by atoms with Crippen LogP contribution in [-0.2, 0) is 28.5 Å². The smallest absolute Gasteiger partial charge is 0.336 e. The molecule has 1 saturated carbocycles. The highest BCUT2D eigenvalue weighted by molar-refractivity contribution is 5.78. The normalized spacial score (nSPS) is 43.4. The fourth-order valence-electron chi connectivity index (χ4n) is 5.48. The predicted molar refractivity (Wildman–Crippen MR) is 123 cm³/mol. The minimum Gasteiger partial charge on any atom is -0.479 e. The van der Waals surface area contributed by atoms with E-state index in [1.807, 2.05) is 0 Å². The highest BCUT2D eigenvalue weighted by Gasteiger charge is 2.57. The third-order valence-electron chi connectivity index (χ3n) is 7.42. The van der Waals surface area contributed by atoms with Gasteiger partial charge in [-0.3, -0.25) is 4.79 Å². The topological polar surface area (TPSA) is 245 Å². The molecule has 15 nitrogen and oxygen atoms in total. The fourth-order valence-corrected chi connectivity index (χ4v) is 5.48. The van der Waals surface area contributed by atoms with E-state index >= 15 is 0 Å². The highest BCUT2D eigenvalue weighted by atomic mass is 16.7. The fraction of sp³-hybridized carbons (Fsp3) is 0.913. The molecular formula is C23H39NO14. The number of aliphatic hydroxyl groups excluding tert-OH is 7. The predicted octanol–water partition coefficient (Wildman–Crippen LogP) is -4.18. The second kappa shape index (κ2) is 12.8. The molecule has 0 aromatic carbocycles. The summed E-state index contributed by atoms with van der Waals surface area (Å²) in [5, 5.41) is 83.7. The summed E-state index contributed by atoms with van der Waals surface area (Å²) in [6.07, 6.45) is -13.6. The minimum atomic E-state index is -2.13. The maximum Gasteiger partial charge on any atom is 0.336 e. The Bertz CT molecular complexity index is 815. The number of carboxylic acid groups (broad SMARTS) is 1. The Balaban J connectivity index is 1.87. The summed E-state index contributed by atoms with van der Waals surface area (Å²) >= 11 is 0. The van der Waals surface area contributed by atoms with Gasteiger partial charge >= 0.3 is 5.97 Å². The van der Waals surface area contributed by atoms with E-state index in [-0.39, 0.29) is 13.0 Å². The largest absolute Gasteiger partial charge is 0.479 e. The van der Waals surface area contributed by atoms with Crippen LogP contribution in [0.5, 0.6) is 0 Å². The second-order valence-electron chi connectivity index (χ2n) is 10.3. The lowest BCUT2D eigenvalue weighted by atomic mass is 9.70. The zero-order chi connectivity index (χ0) is 28.4. The van der Waals surface area contributed by atoms with E-state index in [1.165, 1.54) is 6.92 Å². The minimum absolute atomic E-state index is 0.132. The summed E-state index contributed by atoms with van der Waals surface area (Å²) in [6, 6.07) is -1.15. The average molecular weight is 554 g/mol. The number of hydrogen-bond donors (Lipinski definition) is 9. The number of hydrogen-bond acceptors (Lipinski definition) is 13. The molecule has 15 heteroatoms. The first-order valence-electron chi connectivity index (χ1n) is 12.6. The number of aliphatic hydroxyl groups is 7. The molecule has 1 aliphatic carbocycles. The number of carboxylic acids is 1. The monoisotopic (exact) mass is 553 g/mol. The maximum absolute atomic E-state index is 12.6. The number of amides is 1. The van der Waals surface area contributed by atoms with Gasteiger partial charge in [0.25, 0.3) is 0 Å². The Morgan fingerprint density at radius 3 is 2.39 bits per heavy atom. The van der Waals surface area contributed by atoms with Crippen LogP contribution in [0.4, 0.5) is 0 Å². The van der Waals surface area contributed by atoms with E-state index in [1.54, 1.807) is 6.92 Å². The van der Waals surface area contributed by atoms with Crippen molar-refractivity contribution in [2.75, 3.05) is 19.8 Å². The molecule has 3 fully saturated rings. The van der Waals surface area contributed by atoms with E-state index in [2.05, 4.69) is 5.32 Å². The van der Waals surface area contributed by atoms with Crippen LogP contribution < -0.4 is 5.32 Å². The molecule has 0 bridgehead atoms. The van der Waals surface area contributed by atoms with Crippen molar-refractivity contribution in [1.29, 1.82) is 0 Å². The van der Waals surface area contributed by atoms with Crippen molar-refractivity contribution in [2.45, 2.75) is 106 Å². The van der Waals surface area contributed by atoms with Gasteiger partial charge in [-0.1, -0.05) is 0 Å². The van der Waals surface area contributed by atoms with Crippen LogP contribution in [0.3, 0.4) is 0 Å². The number of nitrogens with one attached hydrogen (secondary N) is 1. The number of rotatable bonds is 10. The summed E-state index contributed by atoms with van der Waals surface area (Å²) in [4.78, 5) is 24.3. The lowest BCUT2D eigenvalue weighted by molar-refractivity contribution is -0.285. The van der Waals surface area contributed by atoms with E-state index in [0.717, 1.165) is 0 Å². The van der Waals surface area contributed by atoms with Gasteiger partial charge in [-0.05, 0) is 13.3 Å². The quantitative estimate of drug-likeness (QED) is 0.125. The van der Waals surface area contributed by atoms with Crippen LogP contribution in [0, 0.1) is 5.92 Å². The molecule has 12 unspecified atom stereocenters. The van der Waals surface area contributed by atoms with Crippen molar-refractivity contribution in [1.82, 2.24) is 5.32 Å². The molecule has 13 atom stereocenters. The molecule has 2 aliphatic heterocycles.